The van der Waals surface area contributed by atoms with Gasteiger partial charge in [0.05, 0.1) is 0 Å². The summed E-state index contributed by atoms with van der Waals surface area (Å²) in [6.45, 7) is 6.26. The van der Waals surface area contributed by atoms with E-state index in [1.807, 2.05) is 12.4 Å². The lowest BCUT2D eigenvalue weighted by atomic mass is 10.0. The monoisotopic (exact) mass is 243 g/mol. The van der Waals surface area contributed by atoms with Crippen LogP contribution < -0.4 is 5.32 Å². The van der Waals surface area contributed by atoms with Crippen molar-refractivity contribution >= 4 is 17.5 Å². The number of alkyl halides is 1. The molecule has 0 radical (unpaired) electrons. The Hall–Kier alpha value is -0.700. The Bertz CT molecular complexity index is 280. The Morgan fingerprint density at radius 1 is 1.44 bits per heavy atom. The second-order valence-corrected chi connectivity index (χ2v) is 4.43. The quantitative estimate of drug-likeness (QED) is 0.710. The summed E-state index contributed by atoms with van der Waals surface area (Å²) in [6, 6.07) is 0. The van der Waals surface area contributed by atoms with E-state index in [9.17, 15) is 0 Å². The van der Waals surface area contributed by atoms with Gasteiger partial charge in [0.25, 0.3) is 0 Å². The number of hydrogen-bond donors (Lipinski definition) is 1. The summed E-state index contributed by atoms with van der Waals surface area (Å²) in [5.74, 6) is 2.37. The summed E-state index contributed by atoms with van der Waals surface area (Å²) in [5, 5.41) is 3.41. The minimum Gasteiger partial charge on any atom is -0.355 e. The first-order valence-corrected chi connectivity index (χ1v) is 6.66. The number of hydrogen-bond acceptors (Lipinski definition) is 2. The summed E-state index contributed by atoms with van der Waals surface area (Å²) in [7, 11) is 0. The van der Waals surface area contributed by atoms with Crippen LogP contribution in [0.1, 0.15) is 33.1 Å². The van der Waals surface area contributed by atoms with Crippen LogP contribution in [0.2, 0.25) is 0 Å². The molecule has 3 nitrogen and oxygen atoms in total. The van der Waals surface area contributed by atoms with Crippen molar-refractivity contribution in [2.45, 2.75) is 39.7 Å². The van der Waals surface area contributed by atoms with E-state index in [4.69, 9.17) is 11.6 Å². The highest BCUT2D eigenvalue weighted by Gasteiger charge is 2.08. The molecule has 0 aliphatic carbocycles. The number of rotatable bonds is 8. The van der Waals surface area contributed by atoms with Crippen molar-refractivity contribution in [2.75, 3.05) is 17.7 Å². The third-order valence-corrected chi connectivity index (χ3v) is 3.04. The molecular weight excluding hydrogens is 222 g/mol. The minimum atomic E-state index is 0.657. The molecule has 1 unspecified atom stereocenters. The fraction of sp³-hybridized carbons (Fsp3) is 0.750. The number of nitrogens with one attached hydrogen (secondary N) is 1. The predicted molar refractivity (Wildman–Crippen MR) is 70.1 cm³/mol. The van der Waals surface area contributed by atoms with E-state index in [0.717, 1.165) is 31.3 Å². The molecule has 16 heavy (non-hydrogen) atoms. The van der Waals surface area contributed by atoms with Gasteiger partial charge >= 0.3 is 0 Å². The average molecular weight is 244 g/mol. The standard InChI is InChI=1S/C12H22ClN3/c1-3-5-11(6-7-13)10-15-12-14-8-9-16(12)4-2/h8-9,11H,3-7,10H2,1-2H3,(H,14,15). The molecule has 1 aromatic heterocycles. The summed E-state index contributed by atoms with van der Waals surface area (Å²) < 4.78 is 2.11. The van der Waals surface area contributed by atoms with Crippen LogP contribution in [-0.2, 0) is 6.54 Å². The highest BCUT2D eigenvalue weighted by atomic mass is 35.5. The lowest BCUT2D eigenvalue weighted by Gasteiger charge is -2.16. The molecule has 1 heterocycles. The van der Waals surface area contributed by atoms with Gasteiger partial charge in [-0.25, -0.2) is 4.98 Å². The predicted octanol–water partition coefficient (Wildman–Crippen LogP) is 3.36. The molecule has 0 aromatic carbocycles. The first-order valence-electron chi connectivity index (χ1n) is 6.12. The molecule has 1 aromatic rings. The first kappa shape index (κ1) is 13.4. The molecule has 0 bridgehead atoms. The molecule has 0 spiro atoms. The van der Waals surface area contributed by atoms with Gasteiger partial charge in [-0.1, -0.05) is 13.3 Å². The molecule has 0 saturated carbocycles. The minimum absolute atomic E-state index is 0.657. The van der Waals surface area contributed by atoms with Gasteiger partial charge < -0.3 is 9.88 Å². The van der Waals surface area contributed by atoms with Crippen molar-refractivity contribution in [2.24, 2.45) is 5.92 Å². The zero-order valence-electron chi connectivity index (χ0n) is 10.2. The maximum Gasteiger partial charge on any atom is 0.202 e. The zero-order valence-corrected chi connectivity index (χ0v) is 11.0. The fourth-order valence-corrected chi connectivity index (χ4v) is 2.19. The van der Waals surface area contributed by atoms with E-state index >= 15 is 0 Å². The highest BCUT2D eigenvalue weighted by Crippen LogP contribution is 2.13. The van der Waals surface area contributed by atoms with Gasteiger partial charge in [-0.05, 0) is 25.7 Å². The summed E-state index contributed by atoms with van der Waals surface area (Å²) in [6.07, 6.45) is 7.36. The Labute approximate surface area is 103 Å². The van der Waals surface area contributed by atoms with Crippen LogP contribution in [0.25, 0.3) is 0 Å². The van der Waals surface area contributed by atoms with Crippen molar-refractivity contribution in [1.82, 2.24) is 9.55 Å². The maximum absolute atomic E-state index is 5.80. The van der Waals surface area contributed by atoms with E-state index in [1.165, 1.54) is 12.8 Å². The third-order valence-electron chi connectivity index (χ3n) is 2.82. The van der Waals surface area contributed by atoms with Crippen LogP contribution >= 0.6 is 11.6 Å². The lowest BCUT2D eigenvalue weighted by molar-refractivity contribution is 0.488. The number of imidazole rings is 1. The average Bonchev–Trinajstić information content (AvgIpc) is 2.74. The van der Waals surface area contributed by atoms with Gasteiger partial charge in [0.1, 0.15) is 0 Å². The Kier molecular flexibility index (Phi) is 6.31. The molecule has 1 rings (SSSR count). The lowest BCUT2D eigenvalue weighted by Crippen LogP contribution is -2.17. The van der Waals surface area contributed by atoms with Crippen LogP contribution in [0.4, 0.5) is 5.95 Å². The maximum atomic E-state index is 5.80. The van der Waals surface area contributed by atoms with Crippen molar-refractivity contribution < 1.29 is 0 Å². The molecule has 0 aliphatic rings. The largest absolute Gasteiger partial charge is 0.355 e. The number of nitrogens with zero attached hydrogens (tertiary/aromatic N) is 2. The first-order chi connectivity index (χ1) is 7.81. The molecule has 0 fully saturated rings. The number of aromatic nitrogens is 2. The summed E-state index contributed by atoms with van der Waals surface area (Å²) in [5.41, 5.74) is 0. The van der Waals surface area contributed by atoms with E-state index in [-0.39, 0.29) is 0 Å². The molecular formula is C12H22ClN3. The third kappa shape index (κ3) is 4.05. The summed E-state index contributed by atoms with van der Waals surface area (Å²) in [4.78, 5) is 4.30. The second kappa shape index (κ2) is 7.55. The molecule has 4 heteroatoms. The Morgan fingerprint density at radius 3 is 2.88 bits per heavy atom. The van der Waals surface area contributed by atoms with Crippen LogP contribution in [0, 0.1) is 5.92 Å². The van der Waals surface area contributed by atoms with Crippen molar-refractivity contribution in [3.8, 4) is 0 Å². The molecule has 0 aliphatic heterocycles. The van der Waals surface area contributed by atoms with Crippen LogP contribution in [-0.4, -0.2) is 22.0 Å². The van der Waals surface area contributed by atoms with Gasteiger partial charge in [-0.2, -0.15) is 0 Å². The number of halogens is 1. The second-order valence-electron chi connectivity index (χ2n) is 4.05. The zero-order chi connectivity index (χ0) is 11.8. The normalized spacial score (nSPS) is 12.7. The van der Waals surface area contributed by atoms with E-state index < -0.39 is 0 Å². The molecule has 0 amide bonds. The van der Waals surface area contributed by atoms with Crippen LogP contribution in [0.5, 0.6) is 0 Å². The Morgan fingerprint density at radius 2 is 2.25 bits per heavy atom. The number of aryl methyl sites for hydroxylation is 1. The van der Waals surface area contributed by atoms with Gasteiger partial charge in [-0.15, -0.1) is 11.6 Å². The van der Waals surface area contributed by atoms with Gasteiger partial charge in [0.2, 0.25) is 5.95 Å². The molecule has 1 atom stereocenters. The number of anilines is 1. The van der Waals surface area contributed by atoms with Crippen LogP contribution in [0.15, 0.2) is 12.4 Å². The van der Waals surface area contributed by atoms with Crippen molar-refractivity contribution in [3.05, 3.63) is 12.4 Å². The van der Waals surface area contributed by atoms with Gasteiger partial charge in [0.15, 0.2) is 0 Å². The molecule has 0 saturated heterocycles. The van der Waals surface area contributed by atoms with E-state index in [1.54, 1.807) is 0 Å². The topological polar surface area (TPSA) is 29.9 Å². The highest BCUT2D eigenvalue weighted by molar-refractivity contribution is 6.17. The molecule has 92 valence electrons. The molecule has 1 N–H and O–H groups in total. The Balaban J connectivity index is 2.41. The van der Waals surface area contributed by atoms with Gasteiger partial charge in [0, 0.05) is 31.4 Å². The van der Waals surface area contributed by atoms with E-state index in [2.05, 4.69) is 28.7 Å². The van der Waals surface area contributed by atoms with Crippen LogP contribution in [0.3, 0.4) is 0 Å². The smallest absolute Gasteiger partial charge is 0.202 e. The van der Waals surface area contributed by atoms with E-state index in [0.29, 0.717) is 5.92 Å². The fourth-order valence-electron chi connectivity index (χ4n) is 1.88. The summed E-state index contributed by atoms with van der Waals surface area (Å²) >= 11 is 5.80. The van der Waals surface area contributed by atoms with Crippen molar-refractivity contribution in [3.63, 3.8) is 0 Å². The van der Waals surface area contributed by atoms with Crippen molar-refractivity contribution in [1.29, 1.82) is 0 Å². The van der Waals surface area contributed by atoms with Gasteiger partial charge in [-0.3, -0.25) is 0 Å². The SMILES string of the molecule is CCCC(CCCl)CNc1nccn1CC.